The third-order valence-electron chi connectivity index (χ3n) is 8.25. The zero-order chi connectivity index (χ0) is 26.2. The molecule has 186 valence electrons. The summed E-state index contributed by atoms with van der Waals surface area (Å²) in [5, 5.41) is 9.45. The van der Waals surface area contributed by atoms with Gasteiger partial charge in [-0.2, -0.15) is 0 Å². The topological polar surface area (TPSA) is 26.3 Å². The summed E-state index contributed by atoms with van der Waals surface area (Å²) in [6.07, 6.45) is 0. The quantitative estimate of drug-likeness (QED) is 0.216. The van der Waals surface area contributed by atoms with E-state index in [4.69, 9.17) is 8.83 Å². The molecule has 0 unspecified atom stereocenters. The van der Waals surface area contributed by atoms with E-state index in [0.717, 1.165) is 43.9 Å². The van der Waals surface area contributed by atoms with Crippen LogP contribution in [0.3, 0.4) is 0 Å². The van der Waals surface area contributed by atoms with Crippen LogP contribution in [0.4, 0.5) is 0 Å². The van der Waals surface area contributed by atoms with Gasteiger partial charge in [-0.15, -0.1) is 0 Å². The maximum atomic E-state index is 6.34. The molecule has 0 amide bonds. The minimum Gasteiger partial charge on any atom is -0.456 e. The Morgan fingerprint density at radius 3 is 1.40 bits per heavy atom. The van der Waals surface area contributed by atoms with E-state index in [1.807, 2.05) is 18.2 Å². The van der Waals surface area contributed by atoms with E-state index >= 15 is 0 Å². The van der Waals surface area contributed by atoms with Crippen LogP contribution in [-0.2, 0) is 0 Å². The molecule has 0 N–H and O–H groups in total. The zero-order valence-corrected chi connectivity index (χ0v) is 21.5. The highest BCUT2D eigenvalue weighted by Crippen LogP contribution is 2.45. The maximum Gasteiger partial charge on any atom is 0.139 e. The number of hydrogen-bond donors (Lipinski definition) is 0. The van der Waals surface area contributed by atoms with Crippen molar-refractivity contribution in [2.75, 3.05) is 0 Å². The number of hydrogen-bond acceptors (Lipinski definition) is 2. The second-order valence-electron chi connectivity index (χ2n) is 10.5. The molecule has 2 nitrogen and oxygen atoms in total. The first kappa shape index (κ1) is 21.6. The molecule has 7 aromatic carbocycles. The highest BCUT2D eigenvalue weighted by Gasteiger charge is 2.18. The van der Waals surface area contributed by atoms with Crippen molar-refractivity contribution < 1.29 is 8.83 Å². The van der Waals surface area contributed by atoms with Crippen molar-refractivity contribution in [3.8, 4) is 22.3 Å². The summed E-state index contributed by atoms with van der Waals surface area (Å²) in [5.41, 5.74) is 8.40. The predicted molar refractivity (Wildman–Crippen MR) is 167 cm³/mol. The summed E-state index contributed by atoms with van der Waals surface area (Å²) < 4.78 is 12.5. The Labute approximate surface area is 229 Å². The summed E-state index contributed by atoms with van der Waals surface area (Å²) in [5.74, 6) is 0. The van der Waals surface area contributed by atoms with Crippen LogP contribution in [0.1, 0.15) is 0 Å². The van der Waals surface area contributed by atoms with Crippen molar-refractivity contribution in [1.29, 1.82) is 0 Å². The van der Waals surface area contributed by atoms with Gasteiger partial charge >= 0.3 is 0 Å². The Morgan fingerprint density at radius 2 is 0.750 bits per heavy atom. The Bertz CT molecular complexity index is 2370. The van der Waals surface area contributed by atoms with Gasteiger partial charge in [-0.25, -0.2) is 0 Å². The molecule has 2 heteroatoms. The minimum atomic E-state index is 0.841. The van der Waals surface area contributed by atoms with Crippen molar-refractivity contribution in [3.05, 3.63) is 133 Å². The van der Waals surface area contributed by atoms with Crippen molar-refractivity contribution in [2.45, 2.75) is 0 Å². The fraction of sp³-hybridized carbons (Fsp3) is 0. The van der Waals surface area contributed by atoms with Gasteiger partial charge in [-0.05, 0) is 68.1 Å². The molecule has 40 heavy (non-hydrogen) atoms. The summed E-state index contributed by atoms with van der Waals surface area (Å²) in [4.78, 5) is 0. The van der Waals surface area contributed by atoms with Gasteiger partial charge in [0.05, 0.1) is 0 Å². The first-order valence-corrected chi connectivity index (χ1v) is 13.6. The molecule has 2 aromatic heterocycles. The van der Waals surface area contributed by atoms with Crippen LogP contribution >= 0.6 is 0 Å². The Morgan fingerprint density at radius 1 is 0.275 bits per heavy atom. The van der Waals surface area contributed by atoms with Gasteiger partial charge in [0.15, 0.2) is 0 Å². The van der Waals surface area contributed by atoms with Gasteiger partial charge in [0.1, 0.15) is 22.3 Å². The molecule has 0 radical (unpaired) electrons. The first-order chi connectivity index (χ1) is 19.8. The molecule has 0 fully saturated rings. The van der Waals surface area contributed by atoms with Crippen LogP contribution in [0.2, 0.25) is 0 Å². The van der Waals surface area contributed by atoms with Crippen LogP contribution < -0.4 is 0 Å². The number of rotatable bonds is 2. The van der Waals surface area contributed by atoms with Crippen molar-refractivity contribution in [1.82, 2.24) is 0 Å². The molecule has 9 aromatic rings. The molecule has 0 spiro atoms. The van der Waals surface area contributed by atoms with Gasteiger partial charge in [0.2, 0.25) is 0 Å². The average molecular weight is 511 g/mol. The Hall–Kier alpha value is -5.34. The fourth-order valence-corrected chi connectivity index (χ4v) is 6.51. The lowest BCUT2D eigenvalue weighted by Crippen LogP contribution is -1.90. The van der Waals surface area contributed by atoms with Crippen molar-refractivity contribution in [3.63, 3.8) is 0 Å². The van der Waals surface area contributed by atoms with Gasteiger partial charge < -0.3 is 8.83 Å². The molecule has 0 atom stereocenters. The van der Waals surface area contributed by atoms with Crippen molar-refractivity contribution in [2.24, 2.45) is 0 Å². The van der Waals surface area contributed by atoms with E-state index in [1.54, 1.807) is 0 Å². The van der Waals surface area contributed by atoms with Gasteiger partial charge in [0.25, 0.3) is 0 Å². The molecular weight excluding hydrogens is 488 g/mol. The molecule has 2 heterocycles. The average Bonchev–Trinajstić information content (AvgIpc) is 3.55. The van der Waals surface area contributed by atoms with E-state index in [-0.39, 0.29) is 0 Å². The van der Waals surface area contributed by atoms with Crippen LogP contribution in [0.15, 0.2) is 142 Å². The molecule has 9 rings (SSSR count). The fourth-order valence-electron chi connectivity index (χ4n) is 6.51. The smallest absolute Gasteiger partial charge is 0.139 e. The minimum absolute atomic E-state index is 0.841. The summed E-state index contributed by atoms with van der Waals surface area (Å²) in [6.45, 7) is 0. The molecule has 0 saturated heterocycles. The summed E-state index contributed by atoms with van der Waals surface area (Å²) >= 11 is 0. The highest BCUT2D eigenvalue weighted by atomic mass is 16.3. The third-order valence-corrected chi connectivity index (χ3v) is 8.25. The second kappa shape index (κ2) is 8.08. The lowest BCUT2D eigenvalue weighted by molar-refractivity contribution is 0.656. The molecule has 0 aliphatic carbocycles. The van der Waals surface area contributed by atoms with E-state index in [9.17, 15) is 0 Å². The van der Waals surface area contributed by atoms with Crippen LogP contribution in [0.25, 0.3) is 87.7 Å². The van der Waals surface area contributed by atoms with Gasteiger partial charge in [-0.1, -0.05) is 103 Å². The monoisotopic (exact) mass is 510 g/mol. The first-order valence-electron chi connectivity index (χ1n) is 13.6. The summed E-state index contributed by atoms with van der Waals surface area (Å²) in [6, 6.07) is 47.3. The Kier molecular flexibility index (Phi) is 4.36. The predicted octanol–water partition coefficient (Wildman–Crippen LogP) is 11.1. The molecule has 0 aliphatic heterocycles. The molecule has 0 bridgehead atoms. The highest BCUT2D eigenvalue weighted by molar-refractivity contribution is 6.22. The van der Waals surface area contributed by atoms with E-state index in [0.29, 0.717) is 0 Å². The Balaban J connectivity index is 1.37. The normalized spacial score (nSPS) is 12.0. The number of furan rings is 2. The number of fused-ring (bicyclic) bond motifs is 8. The largest absolute Gasteiger partial charge is 0.456 e. The molecule has 0 saturated carbocycles. The van der Waals surface area contributed by atoms with Gasteiger partial charge in [-0.3, -0.25) is 0 Å². The summed E-state index contributed by atoms with van der Waals surface area (Å²) in [7, 11) is 0. The third kappa shape index (κ3) is 2.99. The lowest BCUT2D eigenvalue weighted by Gasteiger charge is -2.17. The van der Waals surface area contributed by atoms with Gasteiger partial charge in [0, 0.05) is 27.6 Å². The number of benzene rings is 7. The molecular formula is C38H22O2. The van der Waals surface area contributed by atoms with Crippen LogP contribution in [0, 0.1) is 0 Å². The SMILES string of the molecule is c1ccc(-c2c3ccccc3c(-c3ccc4oc5cc6oc7ccccc7c6cc5c4c3)c3ccccc23)cc1. The number of para-hydroxylation sites is 1. The van der Waals surface area contributed by atoms with E-state index in [2.05, 4.69) is 115 Å². The second-order valence-corrected chi connectivity index (χ2v) is 10.5. The van der Waals surface area contributed by atoms with Crippen LogP contribution in [-0.4, -0.2) is 0 Å². The zero-order valence-electron chi connectivity index (χ0n) is 21.5. The van der Waals surface area contributed by atoms with Crippen molar-refractivity contribution >= 4 is 65.4 Å². The van der Waals surface area contributed by atoms with Crippen LogP contribution in [0.5, 0.6) is 0 Å². The maximum absolute atomic E-state index is 6.34. The molecule has 0 aliphatic rings. The lowest BCUT2D eigenvalue weighted by atomic mass is 9.86. The van der Waals surface area contributed by atoms with E-state index < -0.39 is 0 Å². The standard InChI is InChI=1S/C38H22O2/c1-2-10-23(11-3-1)37-26-13-4-6-15-28(26)38(29-16-7-5-14-27(29)37)24-18-19-34-30(20-24)32-21-31-25-12-8-9-17-33(25)39-35(31)22-36(32)40-34/h1-22H. The van der Waals surface area contributed by atoms with E-state index in [1.165, 1.54) is 43.8 Å².